The lowest BCUT2D eigenvalue weighted by atomic mass is 10.1. The second-order valence-electron chi connectivity index (χ2n) is 3.04. The molecule has 0 atom stereocenters. The molecular weight excluding hydrogens is 184 g/mol. The SMILES string of the molecule is CCC(=O)Cc1cc(O)c(O)cc1O. The predicted octanol–water partition coefficient (Wildman–Crippen LogP) is 1.32. The van der Waals surface area contributed by atoms with Crippen LogP contribution in [0.25, 0.3) is 0 Å². The number of benzene rings is 1. The molecule has 1 aromatic rings. The molecule has 4 nitrogen and oxygen atoms in total. The quantitative estimate of drug-likeness (QED) is 0.503. The monoisotopic (exact) mass is 196 g/mol. The molecule has 0 bridgehead atoms. The van der Waals surface area contributed by atoms with E-state index in [0.29, 0.717) is 12.0 Å². The zero-order valence-electron chi connectivity index (χ0n) is 7.82. The second-order valence-corrected chi connectivity index (χ2v) is 3.04. The second kappa shape index (κ2) is 4.00. The van der Waals surface area contributed by atoms with Gasteiger partial charge in [-0.2, -0.15) is 0 Å². The summed E-state index contributed by atoms with van der Waals surface area (Å²) < 4.78 is 0. The molecule has 0 saturated heterocycles. The summed E-state index contributed by atoms with van der Waals surface area (Å²) >= 11 is 0. The number of phenolic OH excluding ortho intramolecular Hbond substituents is 3. The first-order valence-corrected chi connectivity index (χ1v) is 4.30. The fraction of sp³-hybridized carbons (Fsp3) is 0.300. The van der Waals surface area contributed by atoms with Crippen LogP contribution in [-0.2, 0) is 11.2 Å². The maximum atomic E-state index is 11.1. The van der Waals surface area contributed by atoms with Crippen molar-refractivity contribution in [3.05, 3.63) is 17.7 Å². The lowest BCUT2D eigenvalue weighted by Gasteiger charge is -2.05. The Labute approximate surface area is 81.4 Å². The summed E-state index contributed by atoms with van der Waals surface area (Å²) in [7, 11) is 0. The Kier molecular flexibility index (Phi) is 2.96. The Morgan fingerprint density at radius 2 is 1.71 bits per heavy atom. The van der Waals surface area contributed by atoms with E-state index in [2.05, 4.69) is 0 Å². The summed E-state index contributed by atoms with van der Waals surface area (Å²) in [5, 5.41) is 27.5. The summed E-state index contributed by atoms with van der Waals surface area (Å²) in [6.45, 7) is 1.72. The van der Waals surface area contributed by atoms with Crippen LogP contribution in [0.5, 0.6) is 17.2 Å². The van der Waals surface area contributed by atoms with Gasteiger partial charge in [-0.05, 0) is 6.07 Å². The van der Waals surface area contributed by atoms with Gasteiger partial charge in [-0.1, -0.05) is 6.92 Å². The standard InChI is InChI=1S/C10H12O4/c1-2-7(11)3-6-4-9(13)10(14)5-8(6)12/h4-5,12-14H,2-3H2,1H3. The van der Waals surface area contributed by atoms with Crippen LogP contribution in [0.4, 0.5) is 0 Å². The lowest BCUT2D eigenvalue weighted by molar-refractivity contribution is -0.118. The molecule has 0 spiro atoms. The van der Waals surface area contributed by atoms with Crippen molar-refractivity contribution in [1.82, 2.24) is 0 Å². The highest BCUT2D eigenvalue weighted by Crippen LogP contribution is 2.32. The van der Waals surface area contributed by atoms with Crippen LogP contribution in [0.2, 0.25) is 0 Å². The van der Waals surface area contributed by atoms with Gasteiger partial charge >= 0.3 is 0 Å². The van der Waals surface area contributed by atoms with Gasteiger partial charge in [-0.3, -0.25) is 4.79 Å². The van der Waals surface area contributed by atoms with Gasteiger partial charge in [-0.25, -0.2) is 0 Å². The third-order valence-corrected chi connectivity index (χ3v) is 1.96. The van der Waals surface area contributed by atoms with Crippen LogP contribution in [0.3, 0.4) is 0 Å². The minimum atomic E-state index is -0.393. The molecule has 1 rings (SSSR count). The van der Waals surface area contributed by atoms with E-state index < -0.39 is 5.75 Å². The summed E-state index contributed by atoms with van der Waals surface area (Å²) in [5.41, 5.74) is 0.326. The highest BCUT2D eigenvalue weighted by molar-refractivity contribution is 5.81. The third kappa shape index (κ3) is 2.16. The normalized spacial score (nSPS) is 10.1. The Hall–Kier alpha value is -1.71. The first kappa shape index (κ1) is 10.4. The number of phenols is 3. The van der Waals surface area contributed by atoms with E-state index in [0.717, 1.165) is 6.07 Å². The van der Waals surface area contributed by atoms with Crippen molar-refractivity contribution in [3.63, 3.8) is 0 Å². The molecule has 0 aliphatic heterocycles. The van der Waals surface area contributed by atoms with E-state index in [9.17, 15) is 9.90 Å². The van der Waals surface area contributed by atoms with Gasteiger partial charge in [0.2, 0.25) is 0 Å². The van der Waals surface area contributed by atoms with E-state index in [-0.39, 0.29) is 23.7 Å². The van der Waals surface area contributed by atoms with E-state index in [4.69, 9.17) is 10.2 Å². The van der Waals surface area contributed by atoms with Gasteiger partial charge in [0.05, 0.1) is 0 Å². The smallest absolute Gasteiger partial charge is 0.161 e. The fourth-order valence-corrected chi connectivity index (χ4v) is 1.09. The van der Waals surface area contributed by atoms with Crippen LogP contribution in [0.15, 0.2) is 12.1 Å². The number of rotatable bonds is 3. The molecule has 0 saturated carbocycles. The minimum Gasteiger partial charge on any atom is -0.508 e. The minimum absolute atomic E-state index is 0.0367. The molecule has 0 radical (unpaired) electrons. The molecule has 1 aromatic carbocycles. The molecule has 0 unspecified atom stereocenters. The largest absolute Gasteiger partial charge is 0.508 e. The molecule has 0 aromatic heterocycles. The van der Waals surface area contributed by atoms with Crippen molar-refractivity contribution in [2.24, 2.45) is 0 Å². The van der Waals surface area contributed by atoms with Crippen LogP contribution in [0.1, 0.15) is 18.9 Å². The van der Waals surface area contributed by atoms with E-state index in [1.807, 2.05) is 0 Å². The average Bonchev–Trinajstić information content (AvgIpc) is 2.14. The van der Waals surface area contributed by atoms with Crippen LogP contribution < -0.4 is 0 Å². The van der Waals surface area contributed by atoms with Crippen molar-refractivity contribution in [3.8, 4) is 17.2 Å². The summed E-state index contributed by atoms with van der Waals surface area (Å²) in [6.07, 6.45) is 0.442. The highest BCUT2D eigenvalue weighted by atomic mass is 16.3. The number of carbonyl (C=O) groups excluding carboxylic acids is 1. The molecular formula is C10H12O4. The van der Waals surface area contributed by atoms with Crippen molar-refractivity contribution < 1.29 is 20.1 Å². The van der Waals surface area contributed by atoms with Crippen LogP contribution in [-0.4, -0.2) is 21.1 Å². The molecule has 76 valence electrons. The molecule has 3 N–H and O–H groups in total. The van der Waals surface area contributed by atoms with Crippen molar-refractivity contribution >= 4 is 5.78 Å². The number of aromatic hydroxyl groups is 3. The summed E-state index contributed by atoms with van der Waals surface area (Å²) in [5.74, 6) is -0.940. The number of carbonyl (C=O) groups is 1. The van der Waals surface area contributed by atoms with Crippen LogP contribution in [0, 0.1) is 0 Å². The zero-order valence-corrected chi connectivity index (χ0v) is 7.82. The molecule has 0 fully saturated rings. The Morgan fingerprint density at radius 1 is 1.14 bits per heavy atom. The van der Waals surface area contributed by atoms with Gasteiger partial charge < -0.3 is 15.3 Å². The Balaban J connectivity index is 2.98. The molecule has 0 aliphatic carbocycles. The van der Waals surface area contributed by atoms with E-state index in [1.54, 1.807) is 6.92 Å². The number of ketones is 1. The molecule has 0 amide bonds. The lowest BCUT2D eigenvalue weighted by Crippen LogP contribution is -2.00. The maximum absolute atomic E-state index is 11.1. The number of Topliss-reactive ketones (excluding diaryl/α,β-unsaturated/α-hetero) is 1. The predicted molar refractivity (Wildman–Crippen MR) is 50.4 cm³/mol. The van der Waals surface area contributed by atoms with Gasteiger partial charge in [0, 0.05) is 24.5 Å². The van der Waals surface area contributed by atoms with E-state index in [1.165, 1.54) is 6.07 Å². The first-order valence-electron chi connectivity index (χ1n) is 4.30. The summed E-state index contributed by atoms with van der Waals surface area (Å²) in [4.78, 5) is 11.1. The fourth-order valence-electron chi connectivity index (χ4n) is 1.09. The van der Waals surface area contributed by atoms with E-state index >= 15 is 0 Å². The highest BCUT2D eigenvalue weighted by Gasteiger charge is 2.10. The number of hydrogen-bond donors (Lipinski definition) is 3. The van der Waals surface area contributed by atoms with Gasteiger partial charge in [0.25, 0.3) is 0 Å². The molecule has 0 aliphatic rings. The Morgan fingerprint density at radius 3 is 2.29 bits per heavy atom. The first-order chi connectivity index (χ1) is 6.54. The van der Waals surface area contributed by atoms with Gasteiger partial charge in [-0.15, -0.1) is 0 Å². The van der Waals surface area contributed by atoms with Crippen molar-refractivity contribution in [2.45, 2.75) is 19.8 Å². The van der Waals surface area contributed by atoms with Crippen molar-refractivity contribution in [2.75, 3.05) is 0 Å². The molecule has 0 heterocycles. The van der Waals surface area contributed by atoms with Crippen LogP contribution >= 0.6 is 0 Å². The third-order valence-electron chi connectivity index (χ3n) is 1.96. The van der Waals surface area contributed by atoms with Gasteiger partial charge in [0.1, 0.15) is 11.5 Å². The summed E-state index contributed by atoms with van der Waals surface area (Å²) in [6, 6.07) is 2.21. The van der Waals surface area contributed by atoms with Gasteiger partial charge in [0.15, 0.2) is 11.5 Å². The zero-order chi connectivity index (χ0) is 10.7. The molecule has 4 heteroatoms. The number of hydrogen-bond acceptors (Lipinski definition) is 4. The topological polar surface area (TPSA) is 77.8 Å². The maximum Gasteiger partial charge on any atom is 0.161 e. The van der Waals surface area contributed by atoms with Crippen molar-refractivity contribution in [1.29, 1.82) is 0 Å². The average molecular weight is 196 g/mol. The molecule has 14 heavy (non-hydrogen) atoms. The Bertz CT molecular complexity index is 357.